The zero-order chi connectivity index (χ0) is 20.8. The monoisotopic (exact) mass is 396 g/mol. The van der Waals surface area contributed by atoms with Gasteiger partial charge in [0.05, 0.1) is 26.7 Å². The van der Waals surface area contributed by atoms with E-state index in [9.17, 15) is 9.59 Å². The minimum absolute atomic E-state index is 0.0132. The van der Waals surface area contributed by atoms with Gasteiger partial charge in [-0.2, -0.15) is 0 Å². The van der Waals surface area contributed by atoms with Crippen molar-refractivity contribution in [3.05, 3.63) is 47.5 Å². The highest BCUT2D eigenvalue weighted by atomic mass is 16.5. The third-order valence-corrected chi connectivity index (χ3v) is 5.95. The largest absolute Gasteiger partial charge is 0.497 e. The molecular weight excluding hydrogens is 372 g/mol. The van der Waals surface area contributed by atoms with Crippen molar-refractivity contribution in [3.8, 4) is 17.2 Å². The zero-order valence-electron chi connectivity index (χ0n) is 17.0. The number of anilines is 1. The number of benzene rings is 2. The standard InChI is InChI=1S/C22H24N2O5/c1-23-19-6-5-15(27-2)12-18(19)22(21(23)26)7-8-24(13-22)20(25)14-9-16(28-3)11-17(10-14)29-4/h5-6,9-12H,7-8,13H2,1-4H3. The van der Waals surface area contributed by atoms with Crippen LogP contribution in [0.1, 0.15) is 22.3 Å². The maximum atomic E-state index is 13.2. The second-order valence-corrected chi connectivity index (χ2v) is 7.41. The van der Waals surface area contributed by atoms with Gasteiger partial charge in [0.15, 0.2) is 0 Å². The summed E-state index contributed by atoms with van der Waals surface area (Å²) in [5, 5.41) is 0. The molecule has 2 aliphatic heterocycles. The molecule has 7 heteroatoms. The Morgan fingerprint density at radius 2 is 1.62 bits per heavy atom. The van der Waals surface area contributed by atoms with Crippen molar-refractivity contribution in [2.45, 2.75) is 11.8 Å². The molecule has 0 saturated carbocycles. The normalized spacial score (nSPS) is 20.2. The van der Waals surface area contributed by atoms with Crippen LogP contribution in [0.3, 0.4) is 0 Å². The Morgan fingerprint density at radius 1 is 0.966 bits per heavy atom. The Balaban J connectivity index is 1.68. The van der Waals surface area contributed by atoms with Crippen molar-refractivity contribution in [1.29, 1.82) is 0 Å². The molecule has 0 radical (unpaired) electrons. The number of hydrogen-bond acceptors (Lipinski definition) is 5. The average Bonchev–Trinajstić information content (AvgIpc) is 3.30. The van der Waals surface area contributed by atoms with Gasteiger partial charge in [0.25, 0.3) is 5.91 Å². The number of likely N-dealkylation sites (tertiary alicyclic amines) is 1. The van der Waals surface area contributed by atoms with Crippen LogP contribution < -0.4 is 19.1 Å². The molecule has 1 unspecified atom stereocenters. The van der Waals surface area contributed by atoms with E-state index in [1.54, 1.807) is 56.4 Å². The van der Waals surface area contributed by atoms with Crippen molar-refractivity contribution in [2.75, 3.05) is 46.4 Å². The van der Waals surface area contributed by atoms with Gasteiger partial charge in [-0.05, 0) is 42.3 Å². The lowest BCUT2D eigenvalue weighted by Crippen LogP contribution is -2.42. The molecule has 2 heterocycles. The number of rotatable bonds is 4. The SMILES string of the molecule is COc1cc(OC)cc(C(=O)N2CCC3(C2)C(=O)N(C)c2ccc(OC)cc23)c1. The van der Waals surface area contributed by atoms with Gasteiger partial charge in [-0.25, -0.2) is 0 Å². The molecule has 0 aromatic heterocycles. The first kappa shape index (κ1) is 19.1. The number of carbonyl (C=O) groups is 2. The Labute approximate surface area is 169 Å². The summed E-state index contributed by atoms with van der Waals surface area (Å²) in [6.45, 7) is 0.823. The first-order chi connectivity index (χ1) is 13.9. The van der Waals surface area contributed by atoms with E-state index in [-0.39, 0.29) is 11.8 Å². The zero-order valence-corrected chi connectivity index (χ0v) is 17.0. The molecule has 29 heavy (non-hydrogen) atoms. The number of hydrogen-bond donors (Lipinski definition) is 0. The summed E-state index contributed by atoms with van der Waals surface area (Å²) in [5.41, 5.74) is 1.52. The van der Waals surface area contributed by atoms with Gasteiger partial charge >= 0.3 is 0 Å². The van der Waals surface area contributed by atoms with Gasteiger partial charge in [0.2, 0.25) is 5.91 Å². The van der Waals surface area contributed by atoms with Gasteiger partial charge in [-0.1, -0.05) is 0 Å². The number of nitrogens with zero attached hydrogens (tertiary/aromatic N) is 2. The van der Waals surface area contributed by atoms with E-state index in [2.05, 4.69) is 0 Å². The average molecular weight is 396 g/mol. The van der Waals surface area contributed by atoms with E-state index in [0.29, 0.717) is 42.3 Å². The number of fused-ring (bicyclic) bond motifs is 2. The van der Waals surface area contributed by atoms with Gasteiger partial charge < -0.3 is 24.0 Å². The highest BCUT2D eigenvalue weighted by molar-refractivity contribution is 6.09. The molecular formula is C22H24N2O5. The van der Waals surface area contributed by atoms with Gasteiger partial charge in [0.1, 0.15) is 17.2 Å². The van der Waals surface area contributed by atoms with E-state index in [0.717, 1.165) is 11.3 Å². The molecule has 2 aromatic rings. The minimum Gasteiger partial charge on any atom is -0.497 e. The van der Waals surface area contributed by atoms with Crippen molar-refractivity contribution in [3.63, 3.8) is 0 Å². The van der Waals surface area contributed by atoms with Crippen molar-refractivity contribution >= 4 is 17.5 Å². The highest BCUT2D eigenvalue weighted by Crippen LogP contribution is 2.48. The molecule has 4 rings (SSSR count). The molecule has 1 fully saturated rings. The predicted octanol–water partition coefficient (Wildman–Crippen LogP) is 2.47. The first-order valence-corrected chi connectivity index (χ1v) is 9.42. The van der Waals surface area contributed by atoms with E-state index < -0.39 is 5.41 Å². The highest BCUT2D eigenvalue weighted by Gasteiger charge is 2.54. The molecule has 0 N–H and O–H groups in total. The second kappa shape index (κ2) is 6.99. The molecule has 0 bridgehead atoms. The lowest BCUT2D eigenvalue weighted by atomic mass is 9.81. The Kier molecular flexibility index (Phi) is 4.61. The lowest BCUT2D eigenvalue weighted by molar-refractivity contribution is -0.122. The molecule has 2 amide bonds. The van der Waals surface area contributed by atoms with Crippen LogP contribution in [0.25, 0.3) is 0 Å². The number of carbonyl (C=O) groups excluding carboxylic acids is 2. The van der Waals surface area contributed by atoms with E-state index in [4.69, 9.17) is 14.2 Å². The predicted molar refractivity (Wildman–Crippen MR) is 108 cm³/mol. The molecule has 1 saturated heterocycles. The van der Waals surface area contributed by atoms with Crippen molar-refractivity contribution in [2.24, 2.45) is 0 Å². The smallest absolute Gasteiger partial charge is 0.254 e. The fourth-order valence-corrected chi connectivity index (χ4v) is 4.35. The van der Waals surface area contributed by atoms with Gasteiger partial charge in [-0.15, -0.1) is 0 Å². The third kappa shape index (κ3) is 2.88. The van der Waals surface area contributed by atoms with E-state index >= 15 is 0 Å². The number of methoxy groups -OCH3 is 3. The summed E-state index contributed by atoms with van der Waals surface area (Å²) in [6, 6.07) is 10.8. The van der Waals surface area contributed by atoms with Gasteiger partial charge in [0, 0.05) is 37.5 Å². The van der Waals surface area contributed by atoms with Crippen LogP contribution in [-0.4, -0.2) is 58.2 Å². The van der Waals surface area contributed by atoms with E-state index in [1.165, 1.54) is 0 Å². The minimum atomic E-state index is -0.739. The van der Waals surface area contributed by atoms with Crippen LogP contribution in [-0.2, 0) is 10.2 Å². The quantitative estimate of drug-likeness (QED) is 0.794. The van der Waals surface area contributed by atoms with Crippen LogP contribution >= 0.6 is 0 Å². The fourth-order valence-electron chi connectivity index (χ4n) is 4.35. The summed E-state index contributed by atoms with van der Waals surface area (Å²) in [7, 11) is 6.48. The molecule has 152 valence electrons. The molecule has 1 atom stereocenters. The Bertz CT molecular complexity index is 967. The summed E-state index contributed by atoms with van der Waals surface area (Å²) in [4.78, 5) is 29.8. The molecule has 7 nitrogen and oxygen atoms in total. The second-order valence-electron chi connectivity index (χ2n) is 7.41. The van der Waals surface area contributed by atoms with E-state index in [1.807, 2.05) is 18.2 Å². The molecule has 0 aliphatic carbocycles. The third-order valence-electron chi connectivity index (χ3n) is 5.95. The molecule has 1 spiro atoms. The molecule has 2 aliphatic rings. The maximum Gasteiger partial charge on any atom is 0.254 e. The summed E-state index contributed by atoms with van der Waals surface area (Å²) in [5.74, 6) is 1.67. The Hall–Kier alpha value is -3.22. The van der Waals surface area contributed by atoms with Crippen LogP contribution in [0, 0.1) is 0 Å². The summed E-state index contributed by atoms with van der Waals surface area (Å²) < 4.78 is 15.9. The summed E-state index contributed by atoms with van der Waals surface area (Å²) >= 11 is 0. The van der Waals surface area contributed by atoms with Crippen molar-refractivity contribution in [1.82, 2.24) is 4.90 Å². The number of ether oxygens (including phenoxy) is 3. The van der Waals surface area contributed by atoms with Crippen LogP contribution in [0.5, 0.6) is 17.2 Å². The number of likely N-dealkylation sites (N-methyl/N-ethyl adjacent to an activating group) is 1. The lowest BCUT2D eigenvalue weighted by Gasteiger charge is -2.24. The van der Waals surface area contributed by atoms with Crippen LogP contribution in [0.4, 0.5) is 5.69 Å². The van der Waals surface area contributed by atoms with Crippen LogP contribution in [0.2, 0.25) is 0 Å². The van der Waals surface area contributed by atoms with Gasteiger partial charge in [-0.3, -0.25) is 9.59 Å². The first-order valence-electron chi connectivity index (χ1n) is 9.42. The Morgan fingerprint density at radius 3 is 2.24 bits per heavy atom. The molecule has 2 aromatic carbocycles. The number of amides is 2. The fraction of sp³-hybridized carbons (Fsp3) is 0.364. The maximum absolute atomic E-state index is 13.2. The summed E-state index contributed by atoms with van der Waals surface area (Å²) in [6.07, 6.45) is 0.573. The topological polar surface area (TPSA) is 68.3 Å². The van der Waals surface area contributed by atoms with Crippen molar-refractivity contribution < 1.29 is 23.8 Å². The van der Waals surface area contributed by atoms with Crippen LogP contribution in [0.15, 0.2) is 36.4 Å².